The van der Waals surface area contributed by atoms with Gasteiger partial charge in [-0.2, -0.15) is 0 Å². The van der Waals surface area contributed by atoms with Crippen LogP contribution in [0.15, 0.2) is 48.5 Å². The van der Waals surface area contributed by atoms with Gasteiger partial charge in [0.05, 0.1) is 6.04 Å². The molecule has 0 aliphatic heterocycles. The summed E-state index contributed by atoms with van der Waals surface area (Å²) in [5.74, 6) is -0.614. The van der Waals surface area contributed by atoms with Gasteiger partial charge in [-0.3, -0.25) is 9.59 Å². The summed E-state index contributed by atoms with van der Waals surface area (Å²) in [4.78, 5) is 35.2. The van der Waals surface area contributed by atoms with E-state index in [1.807, 2.05) is 19.1 Å². The summed E-state index contributed by atoms with van der Waals surface area (Å²) >= 11 is 5.84. The molecule has 0 unspecified atom stereocenters. The van der Waals surface area contributed by atoms with Crippen LogP contribution in [0.5, 0.6) is 5.75 Å². The zero-order valence-corrected chi connectivity index (χ0v) is 16.5. The number of ether oxygens (including phenoxy) is 2. The van der Waals surface area contributed by atoms with E-state index in [-0.39, 0.29) is 18.4 Å². The van der Waals surface area contributed by atoms with E-state index in [1.165, 1.54) is 0 Å². The summed E-state index contributed by atoms with van der Waals surface area (Å²) in [6.45, 7) is 2.87. The fourth-order valence-corrected chi connectivity index (χ4v) is 2.52. The van der Waals surface area contributed by atoms with Gasteiger partial charge in [0.1, 0.15) is 5.75 Å². The lowest BCUT2D eigenvalue weighted by Gasteiger charge is -2.14. The molecular weight excluding hydrogens is 382 g/mol. The first-order chi connectivity index (χ1) is 13.4. The van der Waals surface area contributed by atoms with Gasteiger partial charge in [-0.05, 0) is 48.9 Å². The van der Waals surface area contributed by atoms with E-state index in [9.17, 15) is 14.4 Å². The summed E-state index contributed by atoms with van der Waals surface area (Å²) in [7, 11) is 0. The standard InChI is InChI=1S/C21H22ClNO5/c1-3-19(24)16-6-10-18(11-7-16)27-13-21(26)28-12-20(25)23-14(2)15-4-8-17(22)9-5-15/h4-11,14H,3,12-13H2,1-2H3,(H,23,25)/t14-/m1/s1. The Balaban J connectivity index is 1.72. The summed E-state index contributed by atoms with van der Waals surface area (Å²) in [5.41, 5.74) is 1.47. The third kappa shape index (κ3) is 6.70. The highest BCUT2D eigenvalue weighted by Crippen LogP contribution is 2.16. The number of rotatable bonds is 9. The lowest BCUT2D eigenvalue weighted by molar-refractivity contribution is -0.150. The minimum Gasteiger partial charge on any atom is -0.482 e. The molecule has 0 saturated heterocycles. The third-order valence-electron chi connectivity index (χ3n) is 3.97. The minimum atomic E-state index is -0.664. The van der Waals surface area contributed by atoms with E-state index in [1.54, 1.807) is 43.3 Å². The Morgan fingerprint density at radius 2 is 1.64 bits per heavy atom. The van der Waals surface area contributed by atoms with Crippen molar-refractivity contribution in [1.82, 2.24) is 5.32 Å². The molecule has 1 amide bonds. The summed E-state index contributed by atoms with van der Waals surface area (Å²) < 4.78 is 10.2. The molecule has 0 aromatic heterocycles. The van der Waals surface area contributed by atoms with Crippen LogP contribution in [0.1, 0.15) is 42.2 Å². The number of ketones is 1. The molecule has 2 aromatic rings. The number of hydrogen-bond acceptors (Lipinski definition) is 5. The molecule has 0 saturated carbocycles. The van der Waals surface area contributed by atoms with Crippen LogP contribution in [0.25, 0.3) is 0 Å². The molecule has 0 spiro atoms. The maximum Gasteiger partial charge on any atom is 0.344 e. The fourth-order valence-electron chi connectivity index (χ4n) is 2.39. The largest absolute Gasteiger partial charge is 0.482 e. The first-order valence-electron chi connectivity index (χ1n) is 8.85. The van der Waals surface area contributed by atoms with E-state index < -0.39 is 18.5 Å². The average Bonchev–Trinajstić information content (AvgIpc) is 2.71. The molecule has 6 nitrogen and oxygen atoms in total. The van der Waals surface area contributed by atoms with Crippen molar-refractivity contribution in [3.05, 3.63) is 64.7 Å². The van der Waals surface area contributed by atoms with Gasteiger partial charge in [0.2, 0.25) is 0 Å². The fraction of sp³-hybridized carbons (Fsp3) is 0.286. The van der Waals surface area contributed by atoms with Crippen LogP contribution in [0.3, 0.4) is 0 Å². The molecule has 0 fully saturated rings. The van der Waals surface area contributed by atoms with Crippen LogP contribution in [0.4, 0.5) is 0 Å². The zero-order chi connectivity index (χ0) is 20.5. The smallest absolute Gasteiger partial charge is 0.344 e. The first-order valence-corrected chi connectivity index (χ1v) is 9.23. The molecule has 148 valence electrons. The quantitative estimate of drug-likeness (QED) is 0.509. The minimum absolute atomic E-state index is 0.0322. The van der Waals surface area contributed by atoms with Gasteiger partial charge in [-0.25, -0.2) is 4.79 Å². The number of esters is 1. The molecule has 2 aromatic carbocycles. The number of Topliss-reactive ketones (excluding diaryl/α,β-unsaturated/α-hetero) is 1. The lowest BCUT2D eigenvalue weighted by atomic mass is 10.1. The van der Waals surface area contributed by atoms with Gasteiger partial charge in [0.25, 0.3) is 5.91 Å². The number of nitrogens with one attached hydrogen (secondary N) is 1. The number of hydrogen-bond donors (Lipinski definition) is 1. The zero-order valence-electron chi connectivity index (χ0n) is 15.7. The van der Waals surface area contributed by atoms with Crippen molar-refractivity contribution in [2.75, 3.05) is 13.2 Å². The van der Waals surface area contributed by atoms with E-state index in [4.69, 9.17) is 21.1 Å². The highest BCUT2D eigenvalue weighted by molar-refractivity contribution is 6.30. The Morgan fingerprint density at radius 1 is 1.00 bits per heavy atom. The number of carbonyl (C=O) groups excluding carboxylic acids is 3. The number of benzene rings is 2. The SMILES string of the molecule is CCC(=O)c1ccc(OCC(=O)OCC(=O)N[C@H](C)c2ccc(Cl)cc2)cc1. The normalized spacial score (nSPS) is 11.4. The number of carbonyl (C=O) groups is 3. The number of halogens is 1. The van der Waals surface area contributed by atoms with Gasteiger partial charge < -0.3 is 14.8 Å². The summed E-state index contributed by atoms with van der Waals surface area (Å²) in [6, 6.07) is 13.3. The molecule has 0 aliphatic rings. The molecule has 0 heterocycles. The van der Waals surface area contributed by atoms with Crippen molar-refractivity contribution >= 4 is 29.3 Å². The van der Waals surface area contributed by atoms with Crippen LogP contribution < -0.4 is 10.1 Å². The average molecular weight is 404 g/mol. The van der Waals surface area contributed by atoms with Crippen molar-refractivity contribution in [1.29, 1.82) is 0 Å². The topological polar surface area (TPSA) is 81.7 Å². The van der Waals surface area contributed by atoms with Crippen LogP contribution in [0, 0.1) is 0 Å². The third-order valence-corrected chi connectivity index (χ3v) is 4.22. The first kappa shape index (κ1) is 21.4. The van der Waals surface area contributed by atoms with Crippen LogP contribution >= 0.6 is 11.6 Å². The Morgan fingerprint density at radius 3 is 2.25 bits per heavy atom. The predicted octanol–water partition coefficient (Wildman–Crippen LogP) is 3.73. The molecule has 7 heteroatoms. The molecule has 2 rings (SSSR count). The second-order valence-corrected chi connectivity index (χ2v) is 6.53. The lowest BCUT2D eigenvalue weighted by Crippen LogP contribution is -2.31. The molecule has 28 heavy (non-hydrogen) atoms. The van der Waals surface area contributed by atoms with Crippen LogP contribution in [-0.4, -0.2) is 30.9 Å². The Kier molecular flexibility index (Phi) is 8.02. The highest BCUT2D eigenvalue weighted by Gasteiger charge is 2.12. The summed E-state index contributed by atoms with van der Waals surface area (Å²) in [6.07, 6.45) is 0.422. The molecule has 1 atom stereocenters. The highest BCUT2D eigenvalue weighted by atomic mass is 35.5. The van der Waals surface area contributed by atoms with Gasteiger partial charge in [-0.1, -0.05) is 30.7 Å². The molecular formula is C21H22ClNO5. The number of amides is 1. The van der Waals surface area contributed by atoms with Crippen molar-refractivity contribution < 1.29 is 23.9 Å². The second kappa shape index (κ2) is 10.5. The van der Waals surface area contributed by atoms with E-state index in [0.29, 0.717) is 22.8 Å². The Hall–Kier alpha value is -2.86. The second-order valence-electron chi connectivity index (χ2n) is 6.09. The van der Waals surface area contributed by atoms with Crippen LogP contribution in [-0.2, 0) is 14.3 Å². The monoisotopic (exact) mass is 403 g/mol. The predicted molar refractivity (Wildman–Crippen MR) is 106 cm³/mol. The Labute approximate surface area is 168 Å². The van der Waals surface area contributed by atoms with E-state index in [2.05, 4.69) is 5.32 Å². The van der Waals surface area contributed by atoms with Gasteiger partial charge >= 0.3 is 5.97 Å². The van der Waals surface area contributed by atoms with Crippen molar-refractivity contribution in [2.45, 2.75) is 26.3 Å². The van der Waals surface area contributed by atoms with Gasteiger partial charge in [0, 0.05) is 17.0 Å². The molecule has 0 aliphatic carbocycles. The summed E-state index contributed by atoms with van der Waals surface area (Å²) in [5, 5.41) is 3.35. The van der Waals surface area contributed by atoms with E-state index in [0.717, 1.165) is 5.56 Å². The van der Waals surface area contributed by atoms with Crippen molar-refractivity contribution in [3.63, 3.8) is 0 Å². The van der Waals surface area contributed by atoms with Gasteiger partial charge in [0.15, 0.2) is 19.0 Å². The van der Waals surface area contributed by atoms with Crippen molar-refractivity contribution in [3.8, 4) is 5.75 Å². The molecule has 0 bridgehead atoms. The molecule has 1 N–H and O–H groups in total. The Bertz CT molecular complexity index is 818. The maximum atomic E-state index is 11.9. The molecule has 0 radical (unpaired) electrons. The van der Waals surface area contributed by atoms with Crippen molar-refractivity contribution in [2.24, 2.45) is 0 Å². The van der Waals surface area contributed by atoms with Crippen LogP contribution in [0.2, 0.25) is 5.02 Å². The van der Waals surface area contributed by atoms with Gasteiger partial charge in [-0.15, -0.1) is 0 Å². The van der Waals surface area contributed by atoms with E-state index >= 15 is 0 Å². The maximum absolute atomic E-state index is 11.9.